The molecule has 6 aromatic rings. The third-order valence-electron chi connectivity index (χ3n) is 11.2. The van der Waals surface area contributed by atoms with Crippen molar-refractivity contribution < 1.29 is 48.1 Å². The molecule has 0 amide bonds. The molecular formula is C46H42BBrN4O10. The Morgan fingerprint density at radius 1 is 0.645 bits per heavy atom. The lowest BCUT2D eigenvalue weighted by Crippen LogP contribution is -2.29. The van der Waals surface area contributed by atoms with Crippen molar-refractivity contribution >= 4 is 40.1 Å². The predicted molar refractivity (Wildman–Crippen MR) is 231 cm³/mol. The number of methoxy groups -OCH3 is 2. The second-order valence-corrected chi connectivity index (χ2v) is 15.9. The Morgan fingerprint density at radius 3 is 1.63 bits per heavy atom. The van der Waals surface area contributed by atoms with Crippen LogP contribution in [0.25, 0.3) is 11.3 Å². The van der Waals surface area contributed by atoms with Gasteiger partial charge in [-0.15, -0.1) is 0 Å². The third kappa shape index (κ3) is 9.42. The number of halogens is 1. The summed E-state index contributed by atoms with van der Waals surface area (Å²) in [5, 5.41) is 17.3. The van der Waals surface area contributed by atoms with Gasteiger partial charge in [0.05, 0.1) is 30.7 Å². The standard InChI is InChI=1S/C23H20N2O4.C17H14BrNO3.C6H8BNO3/c1-27-22-8-5-15(13-24-22)18-4-2-3-17(25-18)12-21(26)23(9-10-23)16-6-7-19-20(11-16)29-14-28-19;18-16-3-1-2-12(19-16)9-15(20)17(6-7-17)11-4-5-13-14(8-11)22-10-21-13;1-11-6-3-2-5(4-8-6)7(9)10/h2-8,11,13H,9-10,12,14H2,1H3;1-5,8H,6-7,9-10H2;2-4,9-10H,1H3. The molecule has 4 aliphatic rings. The summed E-state index contributed by atoms with van der Waals surface area (Å²) in [5.74, 6) is 4.35. The molecule has 0 radical (unpaired) electrons. The van der Waals surface area contributed by atoms with Gasteiger partial charge in [-0.3, -0.25) is 14.6 Å². The first-order valence-electron chi connectivity index (χ1n) is 19.9. The molecule has 2 fully saturated rings. The van der Waals surface area contributed by atoms with Gasteiger partial charge < -0.3 is 38.5 Å². The van der Waals surface area contributed by atoms with Gasteiger partial charge in [0.2, 0.25) is 25.3 Å². The van der Waals surface area contributed by atoms with Crippen LogP contribution in [0, 0.1) is 0 Å². The molecule has 0 atom stereocenters. The van der Waals surface area contributed by atoms with Crippen molar-refractivity contribution in [3.63, 3.8) is 0 Å². The van der Waals surface area contributed by atoms with E-state index in [1.165, 1.54) is 19.4 Å². The third-order valence-corrected chi connectivity index (χ3v) is 11.6. The zero-order valence-electron chi connectivity index (χ0n) is 34.0. The largest absolute Gasteiger partial charge is 0.490 e. The molecule has 0 unspecified atom stereocenters. The maximum Gasteiger partial charge on any atom is 0.490 e. The van der Waals surface area contributed by atoms with E-state index in [0.29, 0.717) is 35.8 Å². The number of benzene rings is 2. The first kappa shape index (κ1) is 42.3. The summed E-state index contributed by atoms with van der Waals surface area (Å²) in [6, 6.07) is 29.8. The highest BCUT2D eigenvalue weighted by Crippen LogP contribution is 2.52. The monoisotopic (exact) mass is 900 g/mol. The summed E-state index contributed by atoms with van der Waals surface area (Å²) in [6.07, 6.45) is 7.21. The lowest BCUT2D eigenvalue weighted by Gasteiger charge is -2.15. The molecule has 2 aromatic carbocycles. The number of ketones is 2. The van der Waals surface area contributed by atoms with Gasteiger partial charge in [-0.1, -0.05) is 30.3 Å². The molecule has 62 heavy (non-hydrogen) atoms. The SMILES string of the molecule is COc1ccc(-c2cccc(CC(=O)C3(c4ccc5c(c4)OCO5)CC3)n2)cn1.COc1ccc(B(O)O)cn1.O=C(Cc1cccc(Br)n1)C1(c2ccc3c(c2)OCO3)CC1. The van der Waals surface area contributed by atoms with Crippen molar-refractivity contribution in [2.24, 2.45) is 0 Å². The number of fused-ring (bicyclic) bond motifs is 2. The van der Waals surface area contributed by atoms with E-state index in [2.05, 4.69) is 35.9 Å². The highest BCUT2D eigenvalue weighted by atomic mass is 79.9. The molecule has 2 aliphatic carbocycles. The molecule has 316 valence electrons. The number of Topliss-reactive ketones (excluding diaryl/α,β-unsaturated/α-hetero) is 2. The molecule has 2 aliphatic heterocycles. The average Bonchev–Trinajstić information content (AvgIpc) is 4.19. The van der Waals surface area contributed by atoms with Crippen LogP contribution in [-0.4, -0.2) is 76.5 Å². The number of carbonyl (C=O) groups excluding carboxylic acids is 2. The van der Waals surface area contributed by atoms with Crippen molar-refractivity contribution in [1.29, 1.82) is 0 Å². The molecule has 6 heterocycles. The Hall–Kier alpha value is -6.36. The maximum absolute atomic E-state index is 13.2. The fourth-order valence-electron chi connectivity index (χ4n) is 7.37. The highest BCUT2D eigenvalue weighted by molar-refractivity contribution is 9.10. The molecule has 0 spiro atoms. The number of rotatable bonds is 12. The van der Waals surface area contributed by atoms with E-state index in [-0.39, 0.29) is 30.6 Å². The van der Waals surface area contributed by atoms with E-state index < -0.39 is 12.5 Å². The summed E-state index contributed by atoms with van der Waals surface area (Å²) >= 11 is 3.34. The molecule has 2 saturated carbocycles. The Kier molecular flexibility index (Phi) is 12.5. The Bertz CT molecular complexity index is 2570. The van der Waals surface area contributed by atoms with Crippen LogP contribution >= 0.6 is 15.9 Å². The van der Waals surface area contributed by atoms with Gasteiger partial charge in [0.25, 0.3) is 0 Å². The van der Waals surface area contributed by atoms with E-state index in [1.54, 1.807) is 25.4 Å². The van der Waals surface area contributed by atoms with Gasteiger partial charge in [0, 0.05) is 53.7 Å². The van der Waals surface area contributed by atoms with Crippen molar-refractivity contribution in [2.45, 2.75) is 49.4 Å². The number of pyridine rings is 4. The number of hydrogen-bond donors (Lipinski definition) is 2. The lowest BCUT2D eigenvalue weighted by atomic mass is 9.82. The minimum atomic E-state index is -1.46. The number of aromatic nitrogens is 4. The van der Waals surface area contributed by atoms with Gasteiger partial charge in [0.15, 0.2) is 23.0 Å². The van der Waals surface area contributed by atoms with E-state index in [1.807, 2.05) is 78.9 Å². The predicted octanol–water partition coefficient (Wildman–Crippen LogP) is 5.91. The number of nitrogens with zero attached hydrogens (tertiary/aromatic N) is 4. The molecule has 10 rings (SSSR count). The molecule has 4 aromatic heterocycles. The van der Waals surface area contributed by atoms with Crippen LogP contribution in [0.1, 0.15) is 48.2 Å². The average molecular weight is 902 g/mol. The summed E-state index contributed by atoms with van der Waals surface area (Å²) in [7, 11) is 1.62. The van der Waals surface area contributed by atoms with Crippen LogP contribution in [-0.2, 0) is 33.3 Å². The summed E-state index contributed by atoms with van der Waals surface area (Å²) in [6.45, 7) is 0.484. The zero-order valence-corrected chi connectivity index (χ0v) is 35.5. The van der Waals surface area contributed by atoms with Gasteiger partial charge in [-0.2, -0.15) is 0 Å². The van der Waals surface area contributed by atoms with E-state index in [0.717, 1.165) is 81.3 Å². The lowest BCUT2D eigenvalue weighted by molar-refractivity contribution is -0.121. The van der Waals surface area contributed by atoms with E-state index in [9.17, 15) is 9.59 Å². The topological polar surface area (TPSA) is 182 Å². The molecule has 16 heteroatoms. The normalized spacial score (nSPS) is 15.2. The highest BCUT2D eigenvalue weighted by Gasteiger charge is 2.52. The minimum absolute atomic E-state index is 0.189. The summed E-state index contributed by atoms with van der Waals surface area (Å²) < 4.78 is 32.3. The Labute approximate surface area is 366 Å². The fraction of sp³-hybridized carbons (Fsp3) is 0.261. The number of carbonyl (C=O) groups is 2. The van der Waals surface area contributed by atoms with E-state index >= 15 is 0 Å². The molecule has 2 N–H and O–H groups in total. The van der Waals surface area contributed by atoms with Crippen LogP contribution in [0.2, 0.25) is 0 Å². The number of ether oxygens (including phenoxy) is 6. The first-order valence-corrected chi connectivity index (χ1v) is 20.7. The zero-order chi connectivity index (χ0) is 43.3. The second-order valence-electron chi connectivity index (χ2n) is 15.1. The Morgan fingerprint density at radius 2 is 1.16 bits per heavy atom. The van der Waals surface area contributed by atoms with Crippen LogP contribution in [0.4, 0.5) is 0 Å². The maximum atomic E-state index is 13.2. The quantitative estimate of drug-likeness (QED) is 0.109. The summed E-state index contributed by atoms with van der Waals surface area (Å²) in [5.41, 5.74) is 4.81. The van der Waals surface area contributed by atoms with E-state index in [4.69, 9.17) is 38.5 Å². The second kappa shape index (κ2) is 18.3. The molecule has 0 bridgehead atoms. The van der Waals surface area contributed by atoms with Crippen molar-refractivity contribution in [3.8, 4) is 46.0 Å². The molecular weight excluding hydrogens is 859 g/mol. The van der Waals surface area contributed by atoms with Gasteiger partial charge in [0.1, 0.15) is 16.2 Å². The smallest absolute Gasteiger partial charge is 0.481 e. The van der Waals surface area contributed by atoms with Crippen molar-refractivity contribution in [2.75, 3.05) is 27.8 Å². The van der Waals surface area contributed by atoms with Crippen LogP contribution in [0.3, 0.4) is 0 Å². The summed E-state index contributed by atoms with van der Waals surface area (Å²) in [4.78, 5) is 43.0. The van der Waals surface area contributed by atoms with Crippen LogP contribution in [0.15, 0.2) is 114 Å². The van der Waals surface area contributed by atoms with Crippen LogP contribution in [0.5, 0.6) is 34.8 Å². The first-order chi connectivity index (χ1) is 30.1. The van der Waals surface area contributed by atoms with Crippen LogP contribution < -0.4 is 33.9 Å². The van der Waals surface area contributed by atoms with Crippen molar-refractivity contribution in [3.05, 3.63) is 137 Å². The molecule has 0 saturated heterocycles. The fourth-order valence-corrected chi connectivity index (χ4v) is 7.75. The van der Waals surface area contributed by atoms with Gasteiger partial charge in [-0.05, 0) is 113 Å². The molecule has 14 nitrogen and oxygen atoms in total. The Balaban J connectivity index is 0.000000141. The van der Waals surface area contributed by atoms with Gasteiger partial charge >= 0.3 is 7.12 Å². The minimum Gasteiger partial charge on any atom is -0.481 e. The number of hydrogen-bond acceptors (Lipinski definition) is 14. The van der Waals surface area contributed by atoms with Crippen molar-refractivity contribution in [1.82, 2.24) is 19.9 Å². The van der Waals surface area contributed by atoms with Gasteiger partial charge in [-0.25, -0.2) is 15.0 Å².